The Hall–Kier alpha value is -1.89. The third-order valence-electron chi connectivity index (χ3n) is 4.88. The highest BCUT2D eigenvalue weighted by atomic mass is 32.2. The van der Waals surface area contributed by atoms with Crippen molar-refractivity contribution in [1.82, 2.24) is 10.3 Å². The summed E-state index contributed by atoms with van der Waals surface area (Å²) in [5, 5.41) is 12.6. The van der Waals surface area contributed by atoms with E-state index in [2.05, 4.69) is 16.4 Å². The van der Waals surface area contributed by atoms with E-state index < -0.39 is 0 Å². The quantitative estimate of drug-likeness (QED) is 0.616. The first-order valence-corrected chi connectivity index (χ1v) is 11.0. The topological polar surface area (TPSA) is 62.2 Å². The summed E-state index contributed by atoms with van der Waals surface area (Å²) in [7, 11) is 0. The molecule has 1 amide bonds. The summed E-state index contributed by atoms with van der Waals surface area (Å²) in [6.45, 7) is 0. The Balaban J connectivity index is 1.32. The number of hydrogen-bond acceptors (Lipinski definition) is 5. The van der Waals surface area contributed by atoms with Crippen LogP contribution < -0.4 is 5.32 Å². The number of para-hydroxylation sites is 1. The molecule has 4 nitrogen and oxygen atoms in total. The number of thiazole rings is 1. The molecule has 1 aromatic heterocycles. The van der Waals surface area contributed by atoms with Crippen LogP contribution in [0.3, 0.4) is 0 Å². The zero-order valence-corrected chi connectivity index (χ0v) is 16.6. The molecular weight excluding hydrogens is 376 g/mol. The highest BCUT2D eigenvalue weighted by Gasteiger charge is 2.21. The molecule has 0 saturated heterocycles. The number of carbonyl (C=O) groups excluding carboxylic acids is 1. The zero-order chi connectivity index (χ0) is 18.6. The minimum Gasteiger partial charge on any atom is -0.393 e. The molecular formula is C21H22N2O2S2. The fourth-order valence-electron chi connectivity index (χ4n) is 3.30. The summed E-state index contributed by atoms with van der Waals surface area (Å²) in [5.74, 6) is 0.809. The molecule has 1 aliphatic carbocycles. The van der Waals surface area contributed by atoms with Crippen LogP contribution in [0.5, 0.6) is 0 Å². The Morgan fingerprint density at radius 2 is 1.85 bits per heavy atom. The molecule has 2 N–H and O–H groups in total. The lowest BCUT2D eigenvalue weighted by Crippen LogP contribution is -2.38. The maximum Gasteiger partial charge on any atom is 0.251 e. The number of nitrogens with zero attached hydrogens (tertiary/aromatic N) is 1. The highest BCUT2D eigenvalue weighted by molar-refractivity contribution is 8.00. The van der Waals surface area contributed by atoms with Gasteiger partial charge in [-0.1, -0.05) is 36.0 Å². The van der Waals surface area contributed by atoms with E-state index in [-0.39, 0.29) is 18.1 Å². The van der Waals surface area contributed by atoms with E-state index in [1.165, 1.54) is 10.3 Å². The van der Waals surface area contributed by atoms with E-state index >= 15 is 0 Å². The van der Waals surface area contributed by atoms with E-state index in [1.807, 2.05) is 42.5 Å². The molecule has 0 unspecified atom stereocenters. The zero-order valence-electron chi connectivity index (χ0n) is 14.9. The predicted octanol–water partition coefficient (Wildman–Crippen LogP) is 4.62. The van der Waals surface area contributed by atoms with Crippen LogP contribution in [-0.2, 0) is 5.75 Å². The lowest BCUT2D eigenvalue weighted by atomic mass is 9.93. The number of aliphatic hydroxyl groups is 1. The van der Waals surface area contributed by atoms with Crippen molar-refractivity contribution in [3.05, 3.63) is 59.7 Å². The number of fused-ring (bicyclic) bond motifs is 1. The van der Waals surface area contributed by atoms with Gasteiger partial charge in [-0.3, -0.25) is 4.79 Å². The summed E-state index contributed by atoms with van der Waals surface area (Å²) in [6, 6.07) is 16.2. The molecule has 140 valence electrons. The second-order valence-electron chi connectivity index (χ2n) is 6.91. The van der Waals surface area contributed by atoms with Gasteiger partial charge in [0.15, 0.2) is 4.34 Å². The highest BCUT2D eigenvalue weighted by Crippen LogP contribution is 2.31. The number of hydrogen-bond donors (Lipinski definition) is 2. The molecule has 0 atom stereocenters. The molecule has 2 aromatic carbocycles. The molecule has 1 aliphatic rings. The van der Waals surface area contributed by atoms with E-state index in [1.54, 1.807) is 23.1 Å². The SMILES string of the molecule is O=C(NC1CCC(O)CC1)c1ccc(CSc2nc3ccccc3s2)cc1. The predicted molar refractivity (Wildman–Crippen MR) is 111 cm³/mol. The van der Waals surface area contributed by atoms with Crippen molar-refractivity contribution in [2.24, 2.45) is 0 Å². The molecule has 0 radical (unpaired) electrons. The van der Waals surface area contributed by atoms with E-state index in [0.717, 1.165) is 41.3 Å². The van der Waals surface area contributed by atoms with Crippen LogP contribution in [0.25, 0.3) is 10.2 Å². The molecule has 0 spiro atoms. The van der Waals surface area contributed by atoms with Crippen LogP contribution in [0.2, 0.25) is 0 Å². The molecule has 3 aromatic rings. The Kier molecular flexibility index (Phi) is 5.76. The van der Waals surface area contributed by atoms with Gasteiger partial charge in [0.2, 0.25) is 0 Å². The number of benzene rings is 2. The van der Waals surface area contributed by atoms with Crippen molar-refractivity contribution in [3.8, 4) is 0 Å². The molecule has 0 aliphatic heterocycles. The van der Waals surface area contributed by atoms with Crippen LogP contribution in [0, 0.1) is 0 Å². The van der Waals surface area contributed by atoms with Crippen LogP contribution in [0.1, 0.15) is 41.6 Å². The smallest absolute Gasteiger partial charge is 0.251 e. The minimum absolute atomic E-state index is 0.0261. The fourth-order valence-corrected chi connectivity index (χ4v) is 5.32. The van der Waals surface area contributed by atoms with Gasteiger partial charge in [0.25, 0.3) is 5.91 Å². The van der Waals surface area contributed by atoms with E-state index in [9.17, 15) is 9.90 Å². The van der Waals surface area contributed by atoms with E-state index in [0.29, 0.717) is 5.56 Å². The van der Waals surface area contributed by atoms with Crippen molar-refractivity contribution >= 4 is 39.2 Å². The van der Waals surface area contributed by atoms with Crippen molar-refractivity contribution in [2.45, 2.75) is 47.9 Å². The number of rotatable bonds is 5. The van der Waals surface area contributed by atoms with Gasteiger partial charge in [-0.15, -0.1) is 11.3 Å². The normalized spacial score (nSPS) is 19.9. The maximum atomic E-state index is 12.4. The lowest BCUT2D eigenvalue weighted by Gasteiger charge is -2.26. The number of carbonyl (C=O) groups is 1. The fraction of sp³-hybridized carbons (Fsp3) is 0.333. The van der Waals surface area contributed by atoms with Crippen molar-refractivity contribution in [1.29, 1.82) is 0 Å². The molecule has 1 fully saturated rings. The molecule has 4 rings (SSSR count). The van der Waals surface area contributed by atoms with Gasteiger partial charge in [0, 0.05) is 17.4 Å². The Bertz CT molecular complexity index is 882. The van der Waals surface area contributed by atoms with Gasteiger partial charge < -0.3 is 10.4 Å². The first-order valence-electron chi connectivity index (χ1n) is 9.23. The van der Waals surface area contributed by atoms with Crippen LogP contribution in [0.15, 0.2) is 52.9 Å². The van der Waals surface area contributed by atoms with Gasteiger partial charge in [0.05, 0.1) is 16.3 Å². The van der Waals surface area contributed by atoms with Gasteiger partial charge >= 0.3 is 0 Å². The van der Waals surface area contributed by atoms with Crippen molar-refractivity contribution in [3.63, 3.8) is 0 Å². The van der Waals surface area contributed by atoms with Gasteiger partial charge in [0.1, 0.15) is 0 Å². The van der Waals surface area contributed by atoms with Crippen LogP contribution >= 0.6 is 23.1 Å². The standard InChI is InChI=1S/C21H22N2O2S2/c24-17-11-9-16(10-12-17)22-20(25)15-7-5-14(6-8-15)13-26-21-23-18-3-1-2-4-19(18)27-21/h1-8,16-17,24H,9-13H2,(H,22,25). The third-order valence-corrected chi connectivity index (χ3v) is 7.14. The maximum absolute atomic E-state index is 12.4. The first-order chi connectivity index (χ1) is 13.2. The molecule has 0 bridgehead atoms. The average Bonchev–Trinajstić information content (AvgIpc) is 3.11. The van der Waals surface area contributed by atoms with Gasteiger partial charge in [-0.25, -0.2) is 4.98 Å². The summed E-state index contributed by atoms with van der Waals surface area (Å²) in [4.78, 5) is 17.0. The van der Waals surface area contributed by atoms with Crippen molar-refractivity contribution in [2.75, 3.05) is 0 Å². The summed E-state index contributed by atoms with van der Waals surface area (Å²) < 4.78 is 2.28. The second kappa shape index (κ2) is 8.42. The van der Waals surface area contributed by atoms with Crippen LogP contribution in [0.4, 0.5) is 0 Å². The van der Waals surface area contributed by atoms with Crippen LogP contribution in [-0.4, -0.2) is 28.1 Å². The minimum atomic E-state index is -0.203. The number of amides is 1. The molecule has 1 saturated carbocycles. The molecule has 1 heterocycles. The average molecular weight is 399 g/mol. The molecule has 27 heavy (non-hydrogen) atoms. The van der Waals surface area contributed by atoms with E-state index in [4.69, 9.17) is 0 Å². The Labute approximate surface area is 167 Å². The summed E-state index contributed by atoms with van der Waals surface area (Å²) >= 11 is 3.44. The number of nitrogens with one attached hydrogen (secondary N) is 1. The second-order valence-corrected chi connectivity index (χ2v) is 9.17. The van der Waals surface area contributed by atoms with Gasteiger partial charge in [-0.05, 0) is 55.5 Å². The van der Waals surface area contributed by atoms with Crippen molar-refractivity contribution < 1.29 is 9.90 Å². The van der Waals surface area contributed by atoms with Gasteiger partial charge in [-0.2, -0.15) is 0 Å². The first kappa shape index (κ1) is 18.5. The third kappa shape index (κ3) is 4.69. The Morgan fingerprint density at radius 1 is 1.11 bits per heavy atom. The monoisotopic (exact) mass is 398 g/mol. The lowest BCUT2D eigenvalue weighted by molar-refractivity contribution is 0.0867. The number of aliphatic hydroxyl groups excluding tert-OH is 1. The summed E-state index contributed by atoms with van der Waals surface area (Å²) in [6.07, 6.45) is 3.04. The summed E-state index contributed by atoms with van der Waals surface area (Å²) in [5.41, 5.74) is 2.92. The Morgan fingerprint density at radius 3 is 2.59 bits per heavy atom. The number of aromatic nitrogens is 1. The largest absolute Gasteiger partial charge is 0.393 e. The molecule has 6 heteroatoms. The number of thioether (sulfide) groups is 1.